The van der Waals surface area contributed by atoms with Crippen LogP contribution in [0.15, 0.2) is 104 Å². The number of hydrogen-bond acceptors (Lipinski definition) is 3. The van der Waals surface area contributed by atoms with Crippen molar-refractivity contribution in [1.29, 1.82) is 0 Å². The molecule has 146 valence electrons. The molecule has 1 N–H and O–H groups in total. The average molecular weight is 384 g/mol. The van der Waals surface area contributed by atoms with Crippen LogP contribution in [-0.2, 0) is 10.2 Å². The van der Waals surface area contributed by atoms with Crippen LogP contribution in [0.5, 0.6) is 5.88 Å². The molecule has 4 heteroatoms. The van der Waals surface area contributed by atoms with Crippen LogP contribution in [0.2, 0.25) is 0 Å². The fourth-order valence-corrected chi connectivity index (χ4v) is 3.34. The highest BCUT2D eigenvalue weighted by molar-refractivity contribution is 6.02. The van der Waals surface area contributed by atoms with E-state index in [-0.39, 0.29) is 5.91 Å². The molecule has 0 saturated carbocycles. The van der Waals surface area contributed by atoms with Crippen LogP contribution < -0.4 is 10.1 Å². The highest BCUT2D eigenvalue weighted by Gasteiger charge is 2.40. The molecule has 0 aliphatic rings. The van der Waals surface area contributed by atoms with Crippen LogP contribution in [0.3, 0.4) is 0 Å². The van der Waals surface area contributed by atoms with Crippen molar-refractivity contribution in [3.05, 3.63) is 115 Å². The molecule has 0 bridgehead atoms. The first-order valence-corrected chi connectivity index (χ1v) is 9.44. The number of allylic oxidation sites excluding steroid dienone is 1. The quantitative estimate of drug-likeness (QED) is 0.519. The van der Waals surface area contributed by atoms with Crippen LogP contribution >= 0.6 is 0 Å². The minimum Gasteiger partial charge on any atom is -0.473 e. The minimum atomic E-state index is -0.901. The summed E-state index contributed by atoms with van der Waals surface area (Å²) in [7, 11) is 0. The van der Waals surface area contributed by atoms with Crippen molar-refractivity contribution >= 4 is 11.6 Å². The number of carbonyl (C=O) groups is 1. The van der Waals surface area contributed by atoms with E-state index < -0.39 is 5.41 Å². The van der Waals surface area contributed by atoms with Crippen LogP contribution in [0.1, 0.15) is 17.5 Å². The summed E-state index contributed by atoms with van der Waals surface area (Å²) in [5, 5.41) is 3.02. The van der Waals surface area contributed by atoms with E-state index in [1.54, 1.807) is 30.5 Å². The predicted molar refractivity (Wildman–Crippen MR) is 117 cm³/mol. The molecule has 0 fully saturated rings. The summed E-state index contributed by atoms with van der Waals surface area (Å²) in [6, 6.07) is 23.0. The zero-order valence-electron chi connectivity index (χ0n) is 16.3. The Hall–Kier alpha value is -3.66. The second-order valence-corrected chi connectivity index (χ2v) is 6.57. The molecule has 0 aliphatic carbocycles. The van der Waals surface area contributed by atoms with Gasteiger partial charge in [-0.15, -0.1) is 6.58 Å². The highest BCUT2D eigenvalue weighted by Crippen LogP contribution is 2.37. The number of carbonyl (C=O) groups excluding carboxylic acids is 1. The molecule has 4 nitrogen and oxygen atoms in total. The molecule has 3 rings (SSSR count). The Bertz CT molecular complexity index is 912. The highest BCUT2D eigenvalue weighted by atomic mass is 16.5. The van der Waals surface area contributed by atoms with Gasteiger partial charge < -0.3 is 10.1 Å². The summed E-state index contributed by atoms with van der Waals surface area (Å²) >= 11 is 0. The Labute approximate surface area is 171 Å². The van der Waals surface area contributed by atoms with Gasteiger partial charge in [-0.3, -0.25) is 4.79 Å². The summed E-state index contributed by atoms with van der Waals surface area (Å²) in [4.78, 5) is 17.9. The van der Waals surface area contributed by atoms with E-state index in [9.17, 15) is 4.79 Å². The molecule has 1 amide bonds. The molecule has 0 atom stereocenters. The van der Waals surface area contributed by atoms with Gasteiger partial charge in [-0.2, -0.15) is 0 Å². The second kappa shape index (κ2) is 9.51. The predicted octanol–water partition coefficient (Wildman–Crippen LogP) is 5.15. The second-order valence-electron chi connectivity index (χ2n) is 6.57. The van der Waals surface area contributed by atoms with Gasteiger partial charge in [0.05, 0.1) is 11.9 Å². The summed E-state index contributed by atoms with van der Waals surface area (Å²) < 4.78 is 5.40. The van der Waals surface area contributed by atoms with E-state index in [0.29, 0.717) is 24.6 Å². The van der Waals surface area contributed by atoms with Gasteiger partial charge in [0, 0.05) is 6.07 Å². The zero-order chi connectivity index (χ0) is 20.5. The lowest BCUT2D eigenvalue weighted by molar-refractivity contribution is -0.120. The minimum absolute atomic E-state index is 0.142. The third-order valence-electron chi connectivity index (χ3n) is 4.71. The van der Waals surface area contributed by atoms with Crippen LogP contribution in [0.4, 0.5) is 5.69 Å². The van der Waals surface area contributed by atoms with Crippen molar-refractivity contribution in [2.24, 2.45) is 0 Å². The van der Waals surface area contributed by atoms with Crippen molar-refractivity contribution < 1.29 is 9.53 Å². The van der Waals surface area contributed by atoms with Crippen molar-refractivity contribution in [3.8, 4) is 5.88 Å². The van der Waals surface area contributed by atoms with Gasteiger partial charge in [-0.05, 0) is 23.6 Å². The van der Waals surface area contributed by atoms with Gasteiger partial charge in [0.1, 0.15) is 12.0 Å². The number of aromatic nitrogens is 1. The Kier molecular flexibility index (Phi) is 6.59. The molecule has 0 aliphatic heterocycles. The number of nitrogens with one attached hydrogen (secondary N) is 1. The summed E-state index contributed by atoms with van der Waals surface area (Å²) in [6.07, 6.45) is 5.48. The van der Waals surface area contributed by atoms with Crippen molar-refractivity contribution in [2.45, 2.75) is 11.8 Å². The molecular weight excluding hydrogens is 360 g/mol. The first kappa shape index (κ1) is 20.1. The van der Waals surface area contributed by atoms with E-state index in [1.807, 2.05) is 60.7 Å². The molecule has 29 heavy (non-hydrogen) atoms. The van der Waals surface area contributed by atoms with E-state index in [1.165, 1.54) is 0 Å². The van der Waals surface area contributed by atoms with Crippen molar-refractivity contribution in [2.75, 3.05) is 11.9 Å². The topological polar surface area (TPSA) is 51.2 Å². The van der Waals surface area contributed by atoms with E-state index >= 15 is 0 Å². The van der Waals surface area contributed by atoms with Crippen molar-refractivity contribution in [3.63, 3.8) is 0 Å². The maximum Gasteiger partial charge on any atom is 0.239 e. The third-order valence-corrected chi connectivity index (χ3v) is 4.71. The third kappa shape index (κ3) is 4.43. The average Bonchev–Trinajstić information content (AvgIpc) is 2.78. The van der Waals surface area contributed by atoms with Crippen LogP contribution in [0, 0.1) is 0 Å². The Balaban J connectivity index is 1.98. The van der Waals surface area contributed by atoms with Gasteiger partial charge >= 0.3 is 0 Å². The smallest absolute Gasteiger partial charge is 0.239 e. The van der Waals surface area contributed by atoms with Gasteiger partial charge in [0.2, 0.25) is 11.8 Å². The van der Waals surface area contributed by atoms with Crippen molar-refractivity contribution in [1.82, 2.24) is 4.98 Å². The number of hydrogen-bond donors (Lipinski definition) is 1. The molecule has 1 aromatic heterocycles. The lowest BCUT2D eigenvalue weighted by Gasteiger charge is -2.33. The molecule has 0 radical (unpaired) electrons. The van der Waals surface area contributed by atoms with E-state index in [0.717, 1.165) is 11.1 Å². The number of rotatable bonds is 9. The standard InChI is InChI=1S/C25H24N2O2/c1-3-17-25(20-11-7-5-8-12-20,21-13-9-6-10-14-21)24(28)27-22-15-16-23(26-19-22)29-18-4-2/h3-16,19H,1-2,17-18H2,(H,27,28). The number of nitrogens with zero attached hydrogens (tertiary/aromatic N) is 1. The normalized spacial score (nSPS) is 10.8. The molecule has 3 aromatic rings. The van der Waals surface area contributed by atoms with Gasteiger partial charge in [-0.25, -0.2) is 4.98 Å². The summed E-state index contributed by atoms with van der Waals surface area (Å²) in [6.45, 7) is 7.90. The fraction of sp³-hybridized carbons (Fsp3) is 0.120. The molecule has 0 spiro atoms. The summed E-state index contributed by atoms with van der Waals surface area (Å²) in [5.74, 6) is 0.336. The maximum absolute atomic E-state index is 13.7. The monoisotopic (exact) mass is 384 g/mol. The Morgan fingerprint density at radius 3 is 2.03 bits per heavy atom. The SMILES string of the molecule is C=CCOc1ccc(NC(=O)C(CC=C)(c2ccccc2)c2ccccc2)cn1. The largest absolute Gasteiger partial charge is 0.473 e. The molecule has 2 aromatic carbocycles. The Morgan fingerprint density at radius 2 is 1.55 bits per heavy atom. The molecule has 0 unspecified atom stereocenters. The van der Waals surface area contributed by atoms with E-state index in [4.69, 9.17) is 4.74 Å². The van der Waals surface area contributed by atoms with Crippen LogP contribution in [0.25, 0.3) is 0 Å². The Morgan fingerprint density at radius 1 is 0.931 bits per heavy atom. The zero-order valence-corrected chi connectivity index (χ0v) is 16.3. The first-order chi connectivity index (χ1) is 14.2. The van der Waals surface area contributed by atoms with Crippen LogP contribution in [-0.4, -0.2) is 17.5 Å². The molecule has 1 heterocycles. The maximum atomic E-state index is 13.7. The number of pyridine rings is 1. The number of anilines is 1. The summed E-state index contributed by atoms with van der Waals surface area (Å²) in [5.41, 5.74) is 1.51. The van der Waals surface area contributed by atoms with Gasteiger partial charge in [0.25, 0.3) is 0 Å². The number of ether oxygens (including phenoxy) is 1. The van der Waals surface area contributed by atoms with Gasteiger partial charge in [0.15, 0.2) is 0 Å². The lowest BCUT2D eigenvalue weighted by Crippen LogP contribution is -2.41. The fourth-order valence-electron chi connectivity index (χ4n) is 3.34. The van der Waals surface area contributed by atoms with Gasteiger partial charge in [-0.1, -0.05) is 79.4 Å². The lowest BCUT2D eigenvalue weighted by atomic mass is 9.71. The number of amides is 1. The number of benzene rings is 2. The molecule has 0 saturated heterocycles. The first-order valence-electron chi connectivity index (χ1n) is 9.44. The molecular formula is C25H24N2O2. The van der Waals surface area contributed by atoms with E-state index in [2.05, 4.69) is 23.5 Å².